The van der Waals surface area contributed by atoms with E-state index in [0.717, 1.165) is 17.0 Å². The zero-order valence-electron chi connectivity index (χ0n) is 10.7. The van der Waals surface area contributed by atoms with Crippen molar-refractivity contribution in [3.63, 3.8) is 0 Å². The monoisotopic (exact) mass is 317 g/mol. The molecule has 0 bridgehead atoms. The topological polar surface area (TPSA) is 22.1 Å². The number of ether oxygens (including phenoxy) is 1. The van der Waals surface area contributed by atoms with Crippen molar-refractivity contribution in [2.45, 2.75) is 25.2 Å². The molecule has 1 aromatic heterocycles. The number of aryl methyl sites for hydroxylation is 1. The van der Waals surface area contributed by atoms with Gasteiger partial charge in [0, 0.05) is 12.1 Å². The Bertz CT molecular complexity index is 570. The molecule has 0 aliphatic heterocycles. The maximum Gasteiger partial charge on any atom is 0.152 e. The van der Waals surface area contributed by atoms with Crippen molar-refractivity contribution < 1.29 is 4.74 Å². The molecule has 19 heavy (non-hydrogen) atoms. The summed E-state index contributed by atoms with van der Waals surface area (Å²) >= 11 is 3.42. The molecule has 1 aliphatic rings. The van der Waals surface area contributed by atoms with E-state index in [1.54, 1.807) is 6.20 Å². The first kappa shape index (κ1) is 12.7. The lowest BCUT2D eigenvalue weighted by molar-refractivity contribution is 0.272. The number of benzene rings is 1. The maximum absolute atomic E-state index is 5.92. The summed E-state index contributed by atoms with van der Waals surface area (Å²) in [4.78, 5) is 4.18. The molecule has 0 N–H and O–H groups in total. The van der Waals surface area contributed by atoms with Crippen LogP contribution in [0.15, 0.2) is 47.2 Å². The predicted octanol–water partition coefficient (Wildman–Crippen LogP) is 4.34. The zero-order valence-corrected chi connectivity index (χ0v) is 12.3. The average Bonchev–Trinajstić information content (AvgIpc) is 2.46. The van der Waals surface area contributed by atoms with Gasteiger partial charge in [-0.3, -0.25) is 0 Å². The minimum Gasteiger partial charge on any atom is -0.490 e. The number of hydrogen-bond acceptors (Lipinski definition) is 2. The fourth-order valence-corrected chi connectivity index (χ4v) is 3.06. The molecule has 1 unspecified atom stereocenters. The first-order chi connectivity index (χ1) is 9.34. The summed E-state index contributed by atoms with van der Waals surface area (Å²) in [7, 11) is 0. The molecule has 0 spiro atoms. The van der Waals surface area contributed by atoms with Crippen molar-refractivity contribution in [2.24, 2.45) is 0 Å². The second-order valence-electron chi connectivity index (χ2n) is 4.89. The highest BCUT2D eigenvalue weighted by Crippen LogP contribution is 2.32. The predicted molar refractivity (Wildman–Crippen MR) is 79.6 cm³/mol. The Labute approximate surface area is 122 Å². The second-order valence-corrected chi connectivity index (χ2v) is 5.64. The van der Waals surface area contributed by atoms with E-state index >= 15 is 0 Å². The first-order valence-electron chi connectivity index (χ1n) is 6.66. The summed E-state index contributed by atoms with van der Waals surface area (Å²) in [6.45, 7) is 0.724. The van der Waals surface area contributed by atoms with E-state index in [9.17, 15) is 0 Å². The Morgan fingerprint density at radius 3 is 3.00 bits per heavy atom. The standard InChI is InChI=1S/C16H16BrNO/c17-16-15(9-4-10-18-16)19-11-13-7-3-6-12-5-1-2-8-14(12)13/h1-2,4-5,8-10,13H,3,6-7,11H2. The van der Waals surface area contributed by atoms with Crippen molar-refractivity contribution >= 4 is 15.9 Å². The molecule has 98 valence electrons. The first-order valence-corrected chi connectivity index (χ1v) is 7.45. The van der Waals surface area contributed by atoms with Gasteiger partial charge in [0.2, 0.25) is 0 Å². The van der Waals surface area contributed by atoms with Crippen LogP contribution in [0, 0.1) is 0 Å². The zero-order chi connectivity index (χ0) is 13.1. The summed E-state index contributed by atoms with van der Waals surface area (Å²) in [5.74, 6) is 1.32. The van der Waals surface area contributed by atoms with E-state index in [-0.39, 0.29) is 0 Å². The number of rotatable bonds is 3. The summed E-state index contributed by atoms with van der Waals surface area (Å²) < 4.78 is 6.70. The third-order valence-corrected chi connectivity index (χ3v) is 4.25. The van der Waals surface area contributed by atoms with Crippen molar-refractivity contribution in [1.82, 2.24) is 4.98 Å². The van der Waals surface area contributed by atoms with Crippen molar-refractivity contribution in [2.75, 3.05) is 6.61 Å². The van der Waals surface area contributed by atoms with Crippen LogP contribution >= 0.6 is 15.9 Å². The molecule has 2 aromatic rings. The summed E-state index contributed by atoms with van der Waals surface area (Å²) in [5.41, 5.74) is 2.93. The van der Waals surface area contributed by atoms with Crippen molar-refractivity contribution in [3.8, 4) is 5.75 Å². The molecule has 0 saturated heterocycles. The van der Waals surface area contributed by atoms with Gasteiger partial charge >= 0.3 is 0 Å². The van der Waals surface area contributed by atoms with Gasteiger partial charge in [0.25, 0.3) is 0 Å². The molecular formula is C16H16BrNO. The normalized spacial score (nSPS) is 17.8. The van der Waals surface area contributed by atoms with E-state index in [1.807, 2.05) is 12.1 Å². The van der Waals surface area contributed by atoms with Crippen LogP contribution < -0.4 is 4.74 Å². The SMILES string of the molecule is Brc1ncccc1OCC1CCCc2ccccc21. The molecule has 1 aromatic carbocycles. The number of pyridine rings is 1. The lowest BCUT2D eigenvalue weighted by Crippen LogP contribution is -2.16. The Hall–Kier alpha value is -1.35. The van der Waals surface area contributed by atoms with Gasteiger partial charge in [-0.15, -0.1) is 0 Å². The van der Waals surface area contributed by atoms with Crippen LogP contribution in [-0.4, -0.2) is 11.6 Å². The lowest BCUT2D eigenvalue weighted by Gasteiger charge is -2.25. The van der Waals surface area contributed by atoms with Crippen molar-refractivity contribution in [1.29, 1.82) is 0 Å². The molecule has 0 saturated carbocycles. The van der Waals surface area contributed by atoms with Crippen LogP contribution in [0.5, 0.6) is 5.75 Å². The highest BCUT2D eigenvalue weighted by atomic mass is 79.9. The molecule has 1 atom stereocenters. The molecule has 0 radical (unpaired) electrons. The summed E-state index contributed by atoms with van der Waals surface area (Å²) in [5, 5.41) is 0. The van der Waals surface area contributed by atoms with E-state index in [0.29, 0.717) is 5.92 Å². The van der Waals surface area contributed by atoms with E-state index in [2.05, 4.69) is 45.2 Å². The Morgan fingerprint density at radius 2 is 2.11 bits per heavy atom. The van der Waals surface area contributed by atoms with Gasteiger partial charge in [0.1, 0.15) is 4.60 Å². The molecule has 1 aliphatic carbocycles. The largest absolute Gasteiger partial charge is 0.490 e. The Balaban J connectivity index is 1.73. The van der Waals surface area contributed by atoms with Crippen LogP contribution in [-0.2, 0) is 6.42 Å². The number of nitrogens with zero attached hydrogens (tertiary/aromatic N) is 1. The number of hydrogen-bond donors (Lipinski definition) is 0. The molecule has 3 heteroatoms. The van der Waals surface area contributed by atoms with Crippen LogP contribution in [0.4, 0.5) is 0 Å². The lowest BCUT2D eigenvalue weighted by atomic mass is 9.83. The van der Waals surface area contributed by atoms with Gasteiger partial charge in [0.15, 0.2) is 5.75 Å². The van der Waals surface area contributed by atoms with E-state index < -0.39 is 0 Å². The number of aromatic nitrogens is 1. The average molecular weight is 318 g/mol. The second kappa shape index (κ2) is 5.74. The van der Waals surface area contributed by atoms with E-state index in [4.69, 9.17) is 4.74 Å². The van der Waals surface area contributed by atoms with Crippen molar-refractivity contribution in [3.05, 3.63) is 58.3 Å². The molecule has 0 amide bonds. The van der Waals surface area contributed by atoms with Gasteiger partial charge in [0.05, 0.1) is 6.61 Å². The van der Waals surface area contributed by atoms with E-state index in [1.165, 1.54) is 30.4 Å². The summed E-state index contributed by atoms with van der Waals surface area (Å²) in [6.07, 6.45) is 5.41. The van der Waals surface area contributed by atoms with Crippen LogP contribution in [0.25, 0.3) is 0 Å². The van der Waals surface area contributed by atoms with Gasteiger partial charge in [-0.2, -0.15) is 0 Å². The smallest absolute Gasteiger partial charge is 0.152 e. The Morgan fingerprint density at radius 1 is 1.21 bits per heavy atom. The number of fused-ring (bicyclic) bond motifs is 1. The molecule has 1 heterocycles. The van der Waals surface area contributed by atoms with Gasteiger partial charge < -0.3 is 4.74 Å². The van der Waals surface area contributed by atoms with Crippen LogP contribution in [0.1, 0.15) is 29.9 Å². The highest BCUT2D eigenvalue weighted by molar-refractivity contribution is 9.10. The maximum atomic E-state index is 5.92. The quantitative estimate of drug-likeness (QED) is 0.785. The Kier molecular flexibility index (Phi) is 3.83. The van der Waals surface area contributed by atoms with Gasteiger partial charge in [-0.25, -0.2) is 4.98 Å². The summed E-state index contributed by atoms with van der Waals surface area (Å²) in [6, 6.07) is 12.6. The third kappa shape index (κ3) is 2.81. The molecule has 2 nitrogen and oxygen atoms in total. The van der Waals surface area contributed by atoms with Crippen LogP contribution in [0.2, 0.25) is 0 Å². The van der Waals surface area contributed by atoms with Crippen LogP contribution in [0.3, 0.4) is 0 Å². The molecule has 0 fully saturated rings. The minimum absolute atomic E-state index is 0.497. The fraction of sp³-hybridized carbons (Fsp3) is 0.312. The molecule has 3 rings (SSSR count). The molecular weight excluding hydrogens is 302 g/mol. The minimum atomic E-state index is 0.497. The number of halogens is 1. The van der Waals surface area contributed by atoms with Gasteiger partial charge in [-0.1, -0.05) is 24.3 Å². The highest BCUT2D eigenvalue weighted by Gasteiger charge is 2.20. The third-order valence-electron chi connectivity index (χ3n) is 3.66. The van der Waals surface area contributed by atoms with Gasteiger partial charge in [-0.05, 0) is 58.5 Å². The fourth-order valence-electron chi connectivity index (χ4n) is 2.70.